The highest BCUT2D eigenvalue weighted by Crippen LogP contribution is 2.20. The fourth-order valence-corrected chi connectivity index (χ4v) is 4.34. The van der Waals surface area contributed by atoms with Gasteiger partial charge in [-0.25, -0.2) is 12.8 Å². The smallest absolute Gasteiger partial charge is 0.256 e. The lowest BCUT2D eigenvalue weighted by molar-refractivity contribution is 0.0768. The first kappa shape index (κ1) is 22.8. The summed E-state index contributed by atoms with van der Waals surface area (Å²) in [5.74, 6) is -0.653. The molecule has 0 saturated heterocycles. The number of carbonyl (C=O) groups excluding carboxylic acids is 1. The molecular weight excluding hydrogens is 395 g/mol. The molecule has 2 aromatic rings. The molecule has 0 spiro atoms. The van der Waals surface area contributed by atoms with Gasteiger partial charge in [0.1, 0.15) is 18.2 Å². The molecule has 6 nitrogen and oxygen atoms in total. The van der Waals surface area contributed by atoms with Crippen molar-refractivity contribution in [1.29, 1.82) is 0 Å². The predicted octanol–water partition coefficient (Wildman–Crippen LogP) is 3.32. The van der Waals surface area contributed by atoms with Gasteiger partial charge in [-0.2, -0.15) is 4.31 Å². The van der Waals surface area contributed by atoms with Crippen LogP contribution in [-0.2, 0) is 10.0 Å². The zero-order valence-corrected chi connectivity index (χ0v) is 18.0. The summed E-state index contributed by atoms with van der Waals surface area (Å²) in [6, 6.07) is 10.8. The van der Waals surface area contributed by atoms with E-state index in [1.54, 1.807) is 13.8 Å². The van der Waals surface area contributed by atoms with Crippen molar-refractivity contribution >= 4 is 15.9 Å². The van der Waals surface area contributed by atoms with Gasteiger partial charge in [0, 0.05) is 20.1 Å². The Morgan fingerprint density at radius 2 is 1.76 bits per heavy atom. The number of rotatable bonds is 9. The molecule has 0 fully saturated rings. The van der Waals surface area contributed by atoms with Gasteiger partial charge in [-0.3, -0.25) is 4.79 Å². The summed E-state index contributed by atoms with van der Waals surface area (Å²) in [6.45, 7) is 6.39. The number of sulfonamides is 1. The molecule has 0 heterocycles. The van der Waals surface area contributed by atoms with E-state index in [1.807, 2.05) is 31.2 Å². The first-order valence-electron chi connectivity index (χ1n) is 9.46. The number of hydrogen-bond acceptors (Lipinski definition) is 4. The van der Waals surface area contributed by atoms with Crippen LogP contribution in [0.4, 0.5) is 4.39 Å². The number of ether oxygens (including phenoxy) is 1. The van der Waals surface area contributed by atoms with Crippen molar-refractivity contribution in [2.24, 2.45) is 0 Å². The van der Waals surface area contributed by atoms with Crippen LogP contribution in [0.5, 0.6) is 5.75 Å². The largest absolute Gasteiger partial charge is 0.491 e. The second-order valence-electron chi connectivity index (χ2n) is 6.57. The summed E-state index contributed by atoms with van der Waals surface area (Å²) in [5, 5.41) is 0. The van der Waals surface area contributed by atoms with E-state index in [0.29, 0.717) is 5.75 Å². The zero-order valence-electron chi connectivity index (χ0n) is 17.2. The highest BCUT2D eigenvalue weighted by atomic mass is 32.2. The SMILES string of the molecule is CCN(CC)S(=O)(=O)c1ccc(F)c(C(=O)N(C)CCOc2ccccc2C)c1. The van der Waals surface area contributed by atoms with Crippen LogP contribution >= 0.6 is 0 Å². The highest BCUT2D eigenvalue weighted by Gasteiger charge is 2.25. The number of aryl methyl sites for hydroxylation is 1. The van der Waals surface area contributed by atoms with Gasteiger partial charge in [0.15, 0.2) is 0 Å². The molecule has 0 unspecified atom stereocenters. The number of para-hydroxylation sites is 1. The van der Waals surface area contributed by atoms with Gasteiger partial charge >= 0.3 is 0 Å². The molecule has 0 aliphatic carbocycles. The Morgan fingerprint density at radius 1 is 1.10 bits per heavy atom. The summed E-state index contributed by atoms with van der Waals surface area (Å²) in [7, 11) is -2.26. The Kier molecular flexibility index (Phi) is 7.75. The molecule has 0 saturated carbocycles. The molecule has 29 heavy (non-hydrogen) atoms. The molecule has 0 radical (unpaired) electrons. The van der Waals surface area contributed by atoms with Crippen molar-refractivity contribution in [2.75, 3.05) is 33.3 Å². The van der Waals surface area contributed by atoms with E-state index >= 15 is 0 Å². The molecule has 1 amide bonds. The minimum Gasteiger partial charge on any atom is -0.491 e. The minimum atomic E-state index is -3.79. The molecule has 0 atom stereocenters. The second-order valence-corrected chi connectivity index (χ2v) is 8.51. The summed E-state index contributed by atoms with van der Waals surface area (Å²) >= 11 is 0. The van der Waals surface area contributed by atoms with Crippen molar-refractivity contribution in [1.82, 2.24) is 9.21 Å². The number of hydrogen-bond donors (Lipinski definition) is 0. The van der Waals surface area contributed by atoms with Gasteiger partial charge in [0.25, 0.3) is 5.91 Å². The van der Waals surface area contributed by atoms with Crippen LogP contribution in [0.2, 0.25) is 0 Å². The van der Waals surface area contributed by atoms with Crippen molar-refractivity contribution in [3.8, 4) is 5.75 Å². The third-order valence-electron chi connectivity index (χ3n) is 4.64. The number of halogens is 1. The Morgan fingerprint density at radius 3 is 2.38 bits per heavy atom. The molecule has 2 aromatic carbocycles. The van der Waals surface area contributed by atoms with Crippen LogP contribution in [0.1, 0.15) is 29.8 Å². The number of carbonyl (C=O) groups is 1. The van der Waals surface area contributed by atoms with Crippen molar-refractivity contribution in [3.63, 3.8) is 0 Å². The lowest BCUT2D eigenvalue weighted by Crippen LogP contribution is -2.33. The van der Waals surface area contributed by atoms with E-state index in [4.69, 9.17) is 4.74 Å². The number of likely N-dealkylation sites (N-methyl/N-ethyl adjacent to an activating group) is 1. The Balaban J connectivity index is 2.14. The third-order valence-corrected chi connectivity index (χ3v) is 6.68. The molecular formula is C21H27FN2O4S. The summed E-state index contributed by atoms with van der Waals surface area (Å²) < 4.78 is 46.6. The van der Waals surface area contributed by atoms with Crippen molar-refractivity contribution in [3.05, 3.63) is 59.4 Å². The predicted molar refractivity (Wildman–Crippen MR) is 110 cm³/mol. The van der Waals surface area contributed by atoms with E-state index in [-0.39, 0.29) is 36.7 Å². The standard InChI is InChI=1S/C21H27FN2O4S/c1-5-24(6-2)29(26,27)17-11-12-19(22)18(15-17)21(25)23(4)13-14-28-20-10-8-7-9-16(20)3/h7-12,15H,5-6,13-14H2,1-4H3. The van der Waals surface area contributed by atoms with Gasteiger partial charge in [-0.05, 0) is 36.8 Å². The van der Waals surface area contributed by atoms with Gasteiger partial charge in [-0.1, -0.05) is 32.0 Å². The van der Waals surface area contributed by atoms with E-state index in [0.717, 1.165) is 17.7 Å². The first-order chi connectivity index (χ1) is 13.7. The fourth-order valence-electron chi connectivity index (χ4n) is 2.86. The van der Waals surface area contributed by atoms with Crippen LogP contribution < -0.4 is 4.74 Å². The van der Waals surface area contributed by atoms with Crippen LogP contribution in [0.3, 0.4) is 0 Å². The normalized spacial score (nSPS) is 11.5. The average molecular weight is 423 g/mol. The molecule has 2 rings (SSSR count). The summed E-state index contributed by atoms with van der Waals surface area (Å²) in [6.07, 6.45) is 0. The molecule has 0 bridgehead atoms. The van der Waals surface area contributed by atoms with Gasteiger partial charge in [0.05, 0.1) is 17.0 Å². The van der Waals surface area contributed by atoms with Crippen LogP contribution in [0.25, 0.3) is 0 Å². The van der Waals surface area contributed by atoms with Crippen molar-refractivity contribution in [2.45, 2.75) is 25.7 Å². The number of nitrogens with zero attached hydrogens (tertiary/aromatic N) is 2. The Bertz CT molecular complexity index is 959. The van der Waals surface area contributed by atoms with Gasteiger partial charge in [0.2, 0.25) is 10.0 Å². The summed E-state index contributed by atoms with van der Waals surface area (Å²) in [5.41, 5.74) is 0.693. The van der Waals surface area contributed by atoms with E-state index in [2.05, 4.69) is 0 Å². The van der Waals surface area contributed by atoms with E-state index in [9.17, 15) is 17.6 Å². The van der Waals surface area contributed by atoms with E-state index in [1.165, 1.54) is 22.3 Å². The monoisotopic (exact) mass is 422 g/mol. The van der Waals surface area contributed by atoms with E-state index < -0.39 is 21.7 Å². The first-order valence-corrected chi connectivity index (χ1v) is 10.9. The van der Waals surface area contributed by atoms with Gasteiger partial charge < -0.3 is 9.64 Å². The Labute approximate surface area is 171 Å². The number of benzene rings is 2. The maximum Gasteiger partial charge on any atom is 0.256 e. The lowest BCUT2D eigenvalue weighted by Gasteiger charge is -2.21. The van der Waals surface area contributed by atoms with Crippen molar-refractivity contribution < 1.29 is 22.3 Å². The molecule has 0 N–H and O–H groups in total. The van der Waals surface area contributed by atoms with Crippen LogP contribution in [0, 0.1) is 12.7 Å². The van der Waals surface area contributed by atoms with Crippen LogP contribution in [0.15, 0.2) is 47.4 Å². The Hall–Kier alpha value is -2.45. The quantitative estimate of drug-likeness (QED) is 0.622. The molecule has 0 aromatic heterocycles. The van der Waals surface area contributed by atoms with Gasteiger partial charge in [-0.15, -0.1) is 0 Å². The third kappa shape index (κ3) is 5.33. The average Bonchev–Trinajstić information content (AvgIpc) is 2.69. The maximum absolute atomic E-state index is 14.3. The molecule has 8 heteroatoms. The number of amides is 1. The molecule has 0 aliphatic rings. The van der Waals surface area contributed by atoms with Crippen LogP contribution in [-0.4, -0.2) is 56.8 Å². The topological polar surface area (TPSA) is 66.9 Å². The molecule has 0 aliphatic heterocycles. The lowest BCUT2D eigenvalue weighted by atomic mass is 10.2. The minimum absolute atomic E-state index is 0.101. The molecule has 158 valence electrons. The summed E-state index contributed by atoms with van der Waals surface area (Å²) in [4.78, 5) is 13.9. The zero-order chi connectivity index (χ0) is 21.6. The fraction of sp³-hybridized carbons (Fsp3) is 0.381. The maximum atomic E-state index is 14.3. The second kappa shape index (κ2) is 9.84. The highest BCUT2D eigenvalue weighted by molar-refractivity contribution is 7.89.